The topological polar surface area (TPSA) is 29.9 Å². The highest BCUT2D eigenvalue weighted by atomic mass is 15.3. The van der Waals surface area contributed by atoms with Gasteiger partial charge in [0.05, 0.1) is 12.7 Å². The standard InChI is InChI=1S/C18H25N3/c1-18(10-6-3-7-11-18)19-12-17-13-20-21(15-17)14-16-8-4-2-5-9-16/h2,4-5,8-9,13,15,19H,3,6-7,10-12,14H2,1H3. The van der Waals surface area contributed by atoms with Crippen LogP contribution in [0.2, 0.25) is 0 Å². The molecule has 1 heterocycles. The van der Waals surface area contributed by atoms with Crippen LogP contribution < -0.4 is 5.32 Å². The lowest BCUT2D eigenvalue weighted by atomic mass is 9.83. The molecule has 1 aliphatic carbocycles. The van der Waals surface area contributed by atoms with Crippen LogP contribution in [0.5, 0.6) is 0 Å². The lowest BCUT2D eigenvalue weighted by Gasteiger charge is -2.34. The Hall–Kier alpha value is -1.61. The minimum absolute atomic E-state index is 0.319. The molecule has 0 unspecified atom stereocenters. The molecule has 0 atom stereocenters. The van der Waals surface area contributed by atoms with Gasteiger partial charge in [0, 0.05) is 23.8 Å². The summed E-state index contributed by atoms with van der Waals surface area (Å²) in [5.74, 6) is 0. The van der Waals surface area contributed by atoms with Crippen LogP contribution in [0, 0.1) is 0 Å². The number of nitrogens with zero attached hydrogens (tertiary/aromatic N) is 2. The number of hydrogen-bond acceptors (Lipinski definition) is 2. The molecule has 3 heteroatoms. The molecule has 2 aromatic rings. The fourth-order valence-corrected chi connectivity index (χ4v) is 3.18. The number of nitrogens with one attached hydrogen (secondary N) is 1. The zero-order valence-corrected chi connectivity index (χ0v) is 12.9. The van der Waals surface area contributed by atoms with E-state index in [0.717, 1.165) is 13.1 Å². The third-order valence-corrected chi connectivity index (χ3v) is 4.55. The van der Waals surface area contributed by atoms with E-state index in [2.05, 4.69) is 47.8 Å². The van der Waals surface area contributed by atoms with Crippen molar-refractivity contribution in [2.75, 3.05) is 0 Å². The minimum atomic E-state index is 0.319. The van der Waals surface area contributed by atoms with Crippen LogP contribution in [0.15, 0.2) is 42.7 Å². The Balaban J connectivity index is 1.55. The molecule has 1 fully saturated rings. The largest absolute Gasteiger partial charge is 0.307 e. The number of aromatic nitrogens is 2. The molecule has 3 rings (SSSR count). The van der Waals surface area contributed by atoms with Gasteiger partial charge < -0.3 is 5.32 Å². The van der Waals surface area contributed by atoms with E-state index >= 15 is 0 Å². The number of hydrogen-bond donors (Lipinski definition) is 1. The summed E-state index contributed by atoms with van der Waals surface area (Å²) in [5.41, 5.74) is 2.89. The molecule has 1 aromatic heterocycles. The van der Waals surface area contributed by atoms with Crippen molar-refractivity contribution in [3.8, 4) is 0 Å². The van der Waals surface area contributed by atoms with E-state index in [1.54, 1.807) is 0 Å². The van der Waals surface area contributed by atoms with Crippen LogP contribution in [0.3, 0.4) is 0 Å². The van der Waals surface area contributed by atoms with Gasteiger partial charge in [0.2, 0.25) is 0 Å². The second-order valence-electron chi connectivity index (χ2n) is 6.51. The molecule has 1 aromatic carbocycles. The summed E-state index contributed by atoms with van der Waals surface area (Å²) in [4.78, 5) is 0. The van der Waals surface area contributed by atoms with E-state index in [-0.39, 0.29) is 0 Å². The molecule has 0 bridgehead atoms. The van der Waals surface area contributed by atoms with Crippen molar-refractivity contribution in [1.29, 1.82) is 0 Å². The summed E-state index contributed by atoms with van der Waals surface area (Å²) in [6, 6.07) is 10.5. The van der Waals surface area contributed by atoms with Gasteiger partial charge in [-0.1, -0.05) is 49.6 Å². The SMILES string of the molecule is CC1(NCc2cnn(Cc3ccccc3)c2)CCCCC1. The molecule has 0 amide bonds. The third kappa shape index (κ3) is 3.94. The highest BCUT2D eigenvalue weighted by Gasteiger charge is 2.25. The van der Waals surface area contributed by atoms with E-state index in [4.69, 9.17) is 0 Å². The average Bonchev–Trinajstić information content (AvgIpc) is 2.95. The quantitative estimate of drug-likeness (QED) is 0.906. The molecule has 1 aliphatic rings. The molecule has 21 heavy (non-hydrogen) atoms. The van der Waals surface area contributed by atoms with E-state index in [1.165, 1.54) is 43.2 Å². The first-order valence-corrected chi connectivity index (χ1v) is 8.04. The first-order valence-electron chi connectivity index (χ1n) is 8.04. The van der Waals surface area contributed by atoms with Gasteiger partial charge in [0.15, 0.2) is 0 Å². The second-order valence-corrected chi connectivity index (χ2v) is 6.51. The van der Waals surface area contributed by atoms with Crippen LogP contribution in [0.4, 0.5) is 0 Å². The van der Waals surface area contributed by atoms with Crippen molar-refractivity contribution in [3.05, 3.63) is 53.9 Å². The maximum absolute atomic E-state index is 4.47. The lowest BCUT2D eigenvalue weighted by molar-refractivity contribution is 0.252. The van der Waals surface area contributed by atoms with Crippen LogP contribution in [0.1, 0.15) is 50.2 Å². The Bertz CT molecular complexity index is 553. The zero-order chi connectivity index (χ0) is 14.5. The molecule has 1 saturated carbocycles. The van der Waals surface area contributed by atoms with Gasteiger partial charge in [-0.15, -0.1) is 0 Å². The van der Waals surface area contributed by atoms with Crippen LogP contribution in [-0.4, -0.2) is 15.3 Å². The van der Waals surface area contributed by atoms with Crippen LogP contribution in [0.25, 0.3) is 0 Å². The van der Waals surface area contributed by atoms with Gasteiger partial charge >= 0.3 is 0 Å². The Morgan fingerprint density at radius 2 is 1.86 bits per heavy atom. The Morgan fingerprint density at radius 1 is 1.10 bits per heavy atom. The third-order valence-electron chi connectivity index (χ3n) is 4.55. The first-order chi connectivity index (χ1) is 10.2. The lowest BCUT2D eigenvalue weighted by Crippen LogP contribution is -2.43. The highest BCUT2D eigenvalue weighted by molar-refractivity contribution is 5.15. The number of benzene rings is 1. The van der Waals surface area contributed by atoms with E-state index in [1.807, 2.05) is 16.9 Å². The smallest absolute Gasteiger partial charge is 0.0659 e. The van der Waals surface area contributed by atoms with E-state index < -0.39 is 0 Å². The molecular weight excluding hydrogens is 258 g/mol. The Kier molecular flexibility index (Phi) is 4.39. The molecule has 0 radical (unpaired) electrons. The van der Waals surface area contributed by atoms with Crippen molar-refractivity contribution < 1.29 is 0 Å². The van der Waals surface area contributed by atoms with Crippen LogP contribution >= 0.6 is 0 Å². The molecule has 3 nitrogen and oxygen atoms in total. The maximum Gasteiger partial charge on any atom is 0.0659 e. The fourth-order valence-electron chi connectivity index (χ4n) is 3.18. The molecular formula is C18H25N3. The first kappa shape index (κ1) is 14.3. The molecule has 0 aliphatic heterocycles. The van der Waals surface area contributed by atoms with Crippen molar-refractivity contribution >= 4 is 0 Å². The van der Waals surface area contributed by atoms with Crippen LogP contribution in [-0.2, 0) is 13.1 Å². The van der Waals surface area contributed by atoms with Crippen molar-refractivity contribution in [1.82, 2.24) is 15.1 Å². The molecule has 0 saturated heterocycles. The van der Waals surface area contributed by atoms with Gasteiger partial charge in [0.25, 0.3) is 0 Å². The van der Waals surface area contributed by atoms with E-state index in [9.17, 15) is 0 Å². The second kappa shape index (κ2) is 6.44. The van der Waals surface area contributed by atoms with Crippen molar-refractivity contribution in [3.63, 3.8) is 0 Å². The monoisotopic (exact) mass is 283 g/mol. The fraction of sp³-hybridized carbons (Fsp3) is 0.500. The van der Waals surface area contributed by atoms with Crippen molar-refractivity contribution in [2.24, 2.45) is 0 Å². The predicted molar refractivity (Wildman–Crippen MR) is 86.1 cm³/mol. The summed E-state index contributed by atoms with van der Waals surface area (Å²) in [6.07, 6.45) is 10.9. The normalized spacial score (nSPS) is 17.8. The highest BCUT2D eigenvalue weighted by Crippen LogP contribution is 2.27. The van der Waals surface area contributed by atoms with Crippen molar-refractivity contribution in [2.45, 2.75) is 57.7 Å². The molecule has 1 N–H and O–H groups in total. The van der Waals surface area contributed by atoms with Gasteiger partial charge in [-0.3, -0.25) is 4.68 Å². The van der Waals surface area contributed by atoms with E-state index in [0.29, 0.717) is 5.54 Å². The zero-order valence-electron chi connectivity index (χ0n) is 12.9. The Labute approximate surface area is 127 Å². The summed E-state index contributed by atoms with van der Waals surface area (Å²) >= 11 is 0. The molecule has 0 spiro atoms. The average molecular weight is 283 g/mol. The summed E-state index contributed by atoms with van der Waals surface area (Å²) in [7, 11) is 0. The van der Waals surface area contributed by atoms with Gasteiger partial charge in [-0.25, -0.2) is 0 Å². The number of rotatable bonds is 5. The van der Waals surface area contributed by atoms with Gasteiger partial charge in [0.1, 0.15) is 0 Å². The minimum Gasteiger partial charge on any atom is -0.307 e. The van der Waals surface area contributed by atoms with Gasteiger partial charge in [-0.2, -0.15) is 5.10 Å². The van der Waals surface area contributed by atoms with Gasteiger partial charge in [-0.05, 0) is 25.3 Å². The maximum atomic E-state index is 4.47. The molecule has 112 valence electrons. The summed E-state index contributed by atoms with van der Waals surface area (Å²) < 4.78 is 2.02. The predicted octanol–water partition coefficient (Wildman–Crippen LogP) is 3.74. The summed E-state index contributed by atoms with van der Waals surface area (Å²) in [5, 5.41) is 8.21. The summed E-state index contributed by atoms with van der Waals surface area (Å²) in [6.45, 7) is 4.13. The Morgan fingerprint density at radius 3 is 2.62 bits per heavy atom.